The van der Waals surface area contributed by atoms with E-state index in [9.17, 15) is 4.39 Å². The maximum atomic E-state index is 13.5. The van der Waals surface area contributed by atoms with E-state index in [2.05, 4.69) is 43.4 Å². The normalized spacial score (nSPS) is 12.4. The molecule has 0 fully saturated rings. The molecule has 0 aromatic heterocycles. The van der Waals surface area contributed by atoms with Crippen LogP contribution in [0.15, 0.2) is 42.5 Å². The van der Waals surface area contributed by atoms with Gasteiger partial charge in [0.15, 0.2) is 0 Å². The fourth-order valence-electron chi connectivity index (χ4n) is 2.58. The van der Waals surface area contributed by atoms with E-state index in [4.69, 9.17) is 0 Å². The van der Waals surface area contributed by atoms with Crippen molar-refractivity contribution in [2.24, 2.45) is 0 Å². The molecule has 0 saturated heterocycles. The van der Waals surface area contributed by atoms with Crippen molar-refractivity contribution >= 4 is 0 Å². The lowest BCUT2D eigenvalue weighted by atomic mass is 9.93. The second-order valence-electron chi connectivity index (χ2n) is 5.24. The van der Waals surface area contributed by atoms with Gasteiger partial charge < -0.3 is 5.32 Å². The van der Waals surface area contributed by atoms with Crippen molar-refractivity contribution in [3.8, 4) is 0 Å². The SMILES string of the molecule is CCNC(Cc1ccccc1C)c1cc(F)ccc1C. The highest BCUT2D eigenvalue weighted by Gasteiger charge is 2.15. The first-order chi connectivity index (χ1) is 9.61. The van der Waals surface area contributed by atoms with E-state index < -0.39 is 0 Å². The van der Waals surface area contributed by atoms with E-state index in [0.717, 1.165) is 24.1 Å². The summed E-state index contributed by atoms with van der Waals surface area (Å²) in [7, 11) is 0. The number of nitrogens with one attached hydrogen (secondary N) is 1. The lowest BCUT2D eigenvalue weighted by Crippen LogP contribution is -2.24. The van der Waals surface area contributed by atoms with E-state index in [1.165, 1.54) is 17.2 Å². The summed E-state index contributed by atoms with van der Waals surface area (Å²) < 4.78 is 13.5. The van der Waals surface area contributed by atoms with Crippen LogP contribution in [0.4, 0.5) is 4.39 Å². The molecule has 1 atom stereocenters. The Bertz CT molecular complexity index is 577. The number of benzene rings is 2. The molecule has 0 bridgehead atoms. The summed E-state index contributed by atoms with van der Waals surface area (Å²) in [5.74, 6) is -0.168. The van der Waals surface area contributed by atoms with Gasteiger partial charge in [0.05, 0.1) is 0 Å². The van der Waals surface area contributed by atoms with Gasteiger partial charge in [-0.2, -0.15) is 0 Å². The highest BCUT2D eigenvalue weighted by Crippen LogP contribution is 2.24. The summed E-state index contributed by atoms with van der Waals surface area (Å²) in [6, 6.07) is 13.6. The summed E-state index contributed by atoms with van der Waals surface area (Å²) >= 11 is 0. The molecule has 1 N–H and O–H groups in total. The first-order valence-electron chi connectivity index (χ1n) is 7.15. The van der Waals surface area contributed by atoms with Crippen LogP contribution in [-0.4, -0.2) is 6.54 Å². The van der Waals surface area contributed by atoms with Crippen molar-refractivity contribution in [3.05, 3.63) is 70.5 Å². The highest BCUT2D eigenvalue weighted by atomic mass is 19.1. The van der Waals surface area contributed by atoms with Gasteiger partial charge >= 0.3 is 0 Å². The molecule has 0 spiro atoms. The third-order valence-corrected chi connectivity index (χ3v) is 3.75. The van der Waals surface area contributed by atoms with Crippen molar-refractivity contribution in [2.75, 3.05) is 6.54 Å². The lowest BCUT2D eigenvalue weighted by molar-refractivity contribution is 0.539. The smallest absolute Gasteiger partial charge is 0.123 e. The second-order valence-corrected chi connectivity index (χ2v) is 5.24. The molecule has 2 aromatic carbocycles. The molecule has 0 amide bonds. The van der Waals surface area contributed by atoms with Gasteiger partial charge in [0.25, 0.3) is 0 Å². The summed E-state index contributed by atoms with van der Waals surface area (Å²) in [6.45, 7) is 7.11. The van der Waals surface area contributed by atoms with Gasteiger partial charge in [-0.15, -0.1) is 0 Å². The Labute approximate surface area is 120 Å². The van der Waals surface area contributed by atoms with E-state index in [-0.39, 0.29) is 11.9 Å². The summed E-state index contributed by atoms with van der Waals surface area (Å²) in [5.41, 5.74) is 4.77. The Kier molecular flexibility index (Phi) is 4.91. The van der Waals surface area contributed by atoms with Crippen LogP contribution < -0.4 is 5.32 Å². The van der Waals surface area contributed by atoms with Crippen LogP contribution in [0.1, 0.15) is 35.2 Å². The minimum absolute atomic E-state index is 0.150. The lowest BCUT2D eigenvalue weighted by Gasteiger charge is -2.21. The van der Waals surface area contributed by atoms with Crippen molar-refractivity contribution in [1.82, 2.24) is 5.32 Å². The van der Waals surface area contributed by atoms with Crippen LogP contribution in [0, 0.1) is 19.7 Å². The summed E-state index contributed by atoms with van der Waals surface area (Å²) in [4.78, 5) is 0. The third-order valence-electron chi connectivity index (χ3n) is 3.75. The molecule has 0 radical (unpaired) electrons. The predicted molar refractivity (Wildman–Crippen MR) is 82.4 cm³/mol. The fourth-order valence-corrected chi connectivity index (χ4v) is 2.58. The monoisotopic (exact) mass is 271 g/mol. The Morgan fingerprint density at radius 1 is 1.05 bits per heavy atom. The molecule has 2 heteroatoms. The number of aryl methyl sites for hydroxylation is 2. The van der Waals surface area contributed by atoms with Crippen LogP contribution in [0.2, 0.25) is 0 Å². The minimum atomic E-state index is -0.168. The molecule has 0 aliphatic carbocycles. The molecule has 2 rings (SSSR count). The van der Waals surface area contributed by atoms with Crippen LogP contribution >= 0.6 is 0 Å². The van der Waals surface area contributed by atoms with Gasteiger partial charge in [0.1, 0.15) is 5.82 Å². The average molecular weight is 271 g/mol. The Balaban J connectivity index is 2.32. The zero-order valence-electron chi connectivity index (χ0n) is 12.4. The highest BCUT2D eigenvalue weighted by molar-refractivity contribution is 5.33. The Morgan fingerprint density at radius 3 is 2.50 bits per heavy atom. The molecule has 1 nitrogen and oxygen atoms in total. The topological polar surface area (TPSA) is 12.0 Å². The largest absolute Gasteiger partial charge is 0.310 e. The number of likely N-dealkylation sites (N-methyl/N-ethyl adjacent to an activating group) is 1. The average Bonchev–Trinajstić information content (AvgIpc) is 2.43. The minimum Gasteiger partial charge on any atom is -0.310 e. The van der Waals surface area contributed by atoms with E-state index in [1.54, 1.807) is 6.07 Å². The second kappa shape index (κ2) is 6.67. The molecule has 106 valence electrons. The first kappa shape index (κ1) is 14.7. The Hall–Kier alpha value is -1.67. The zero-order valence-corrected chi connectivity index (χ0v) is 12.4. The molecule has 20 heavy (non-hydrogen) atoms. The van der Waals surface area contributed by atoms with Gasteiger partial charge in [-0.3, -0.25) is 0 Å². The predicted octanol–water partition coefficient (Wildman–Crippen LogP) is 4.34. The van der Waals surface area contributed by atoms with Crippen molar-refractivity contribution in [1.29, 1.82) is 0 Å². The molecular weight excluding hydrogens is 249 g/mol. The molecule has 0 saturated carbocycles. The zero-order chi connectivity index (χ0) is 14.5. The number of halogens is 1. The van der Waals surface area contributed by atoms with Crippen LogP contribution in [0.25, 0.3) is 0 Å². The van der Waals surface area contributed by atoms with Gasteiger partial charge in [0.2, 0.25) is 0 Å². The molecular formula is C18H22FN. The number of hydrogen-bond donors (Lipinski definition) is 1. The summed E-state index contributed by atoms with van der Waals surface area (Å²) in [6.07, 6.45) is 0.880. The molecule has 0 aliphatic rings. The Morgan fingerprint density at radius 2 is 1.80 bits per heavy atom. The standard InChI is InChI=1S/C18H22FN/c1-4-20-18(11-15-8-6-5-7-13(15)2)17-12-16(19)10-9-14(17)3/h5-10,12,18,20H,4,11H2,1-3H3. The van der Waals surface area contributed by atoms with Crippen LogP contribution in [-0.2, 0) is 6.42 Å². The van der Waals surface area contributed by atoms with Gasteiger partial charge in [-0.05, 0) is 61.2 Å². The van der Waals surface area contributed by atoms with Crippen molar-refractivity contribution < 1.29 is 4.39 Å². The third kappa shape index (κ3) is 3.45. The molecule has 0 heterocycles. The van der Waals surface area contributed by atoms with Gasteiger partial charge in [-0.1, -0.05) is 37.3 Å². The molecule has 2 aromatic rings. The number of rotatable bonds is 5. The van der Waals surface area contributed by atoms with E-state index in [0.29, 0.717) is 0 Å². The van der Waals surface area contributed by atoms with Gasteiger partial charge in [-0.25, -0.2) is 4.39 Å². The van der Waals surface area contributed by atoms with E-state index >= 15 is 0 Å². The quantitative estimate of drug-likeness (QED) is 0.853. The van der Waals surface area contributed by atoms with Crippen molar-refractivity contribution in [2.45, 2.75) is 33.2 Å². The summed E-state index contributed by atoms with van der Waals surface area (Å²) in [5, 5.41) is 3.48. The maximum Gasteiger partial charge on any atom is 0.123 e. The first-order valence-corrected chi connectivity index (χ1v) is 7.15. The van der Waals surface area contributed by atoms with E-state index in [1.807, 2.05) is 13.0 Å². The maximum absolute atomic E-state index is 13.5. The van der Waals surface area contributed by atoms with Crippen LogP contribution in [0.3, 0.4) is 0 Å². The number of hydrogen-bond acceptors (Lipinski definition) is 1. The fraction of sp³-hybridized carbons (Fsp3) is 0.333. The van der Waals surface area contributed by atoms with Gasteiger partial charge in [0, 0.05) is 6.04 Å². The molecule has 1 unspecified atom stereocenters. The molecule has 0 aliphatic heterocycles. The van der Waals surface area contributed by atoms with Crippen LogP contribution in [0.5, 0.6) is 0 Å². The van der Waals surface area contributed by atoms with Crippen molar-refractivity contribution in [3.63, 3.8) is 0 Å².